The highest BCUT2D eigenvalue weighted by Crippen LogP contribution is 2.12. The molecule has 0 atom stereocenters. The Balaban J connectivity index is 2.35. The van der Waals surface area contributed by atoms with E-state index in [1.54, 1.807) is 30.3 Å². The van der Waals surface area contributed by atoms with Gasteiger partial charge >= 0.3 is 5.97 Å². The lowest BCUT2D eigenvalue weighted by Crippen LogP contribution is -2.07. The molecule has 0 N–H and O–H groups in total. The smallest absolute Gasteiger partial charge is 0.337 e. The van der Waals surface area contributed by atoms with Crippen molar-refractivity contribution in [2.45, 2.75) is 0 Å². The Bertz CT molecular complexity index is 356. The summed E-state index contributed by atoms with van der Waals surface area (Å²) in [7, 11) is 1.35. The third kappa shape index (κ3) is 4.70. The summed E-state index contributed by atoms with van der Waals surface area (Å²) in [4.78, 5) is 11.2. The summed E-state index contributed by atoms with van der Waals surface area (Å²) in [6.07, 6.45) is 1.69. The Kier molecular flexibility index (Phi) is 5.82. The lowest BCUT2D eigenvalue weighted by molar-refractivity contribution is 0.0600. The first-order valence-electron chi connectivity index (χ1n) is 5.27. The average molecular weight is 236 g/mol. The molecule has 0 aromatic heterocycles. The van der Waals surface area contributed by atoms with Crippen LogP contribution in [0.1, 0.15) is 10.4 Å². The molecule has 0 spiro atoms. The minimum Gasteiger partial charge on any atom is -0.491 e. The van der Waals surface area contributed by atoms with E-state index in [1.165, 1.54) is 7.11 Å². The van der Waals surface area contributed by atoms with Gasteiger partial charge in [0.2, 0.25) is 0 Å². The second-order valence-electron chi connectivity index (χ2n) is 3.23. The molecule has 0 saturated carbocycles. The van der Waals surface area contributed by atoms with Crippen LogP contribution in [-0.2, 0) is 9.47 Å². The molecular formula is C13H16O4. The van der Waals surface area contributed by atoms with Crippen LogP contribution in [0.2, 0.25) is 0 Å². The van der Waals surface area contributed by atoms with E-state index in [9.17, 15) is 4.79 Å². The molecule has 0 aliphatic carbocycles. The van der Waals surface area contributed by atoms with Crippen molar-refractivity contribution in [2.75, 3.05) is 26.9 Å². The SMILES string of the molecule is C=CCOCCOc1ccc(C(=O)OC)cc1. The van der Waals surface area contributed by atoms with Crippen LogP contribution in [0.25, 0.3) is 0 Å². The standard InChI is InChI=1S/C13H16O4/c1-3-8-16-9-10-17-12-6-4-11(5-7-12)13(14)15-2/h3-7H,1,8-10H2,2H3. The molecule has 0 fully saturated rings. The van der Waals surface area contributed by atoms with Crippen LogP contribution in [0.15, 0.2) is 36.9 Å². The highest BCUT2D eigenvalue weighted by molar-refractivity contribution is 5.89. The largest absolute Gasteiger partial charge is 0.491 e. The molecule has 4 heteroatoms. The molecule has 0 amide bonds. The summed E-state index contributed by atoms with van der Waals surface area (Å²) in [6.45, 7) is 5.03. The fourth-order valence-corrected chi connectivity index (χ4v) is 1.19. The summed E-state index contributed by atoms with van der Waals surface area (Å²) in [5, 5.41) is 0. The van der Waals surface area contributed by atoms with Crippen molar-refractivity contribution in [1.82, 2.24) is 0 Å². The molecule has 0 heterocycles. The van der Waals surface area contributed by atoms with E-state index in [0.717, 1.165) is 0 Å². The van der Waals surface area contributed by atoms with Crippen molar-refractivity contribution < 1.29 is 19.0 Å². The second kappa shape index (κ2) is 7.46. The van der Waals surface area contributed by atoms with Gasteiger partial charge in [0.05, 0.1) is 25.9 Å². The van der Waals surface area contributed by atoms with Crippen LogP contribution < -0.4 is 4.74 Å². The normalized spacial score (nSPS) is 9.71. The van der Waals surface area contributed by atoms with Crippen molar-refractivity contribution in [1.29, 1.82) is 0 Å². The van der Waals surface area contributed by atoms with Gasteiger partial charge in [-0.05, 0) is 24.3 Å². The van der Waals surface area contributed by atoms with Crippen LogP contribution in [0.4, 0.5) is 0 Å². The van der Waals surface area contributed by atoms with Crippen molar-refractivity contribution in [3.8, 4) is 5.75 Å². The van der Waals surface area contributed by atoms with Gasteiger partial charge in [-0.2, -0.15) is 0 Å². The monoisotopic (exact) mass is 236 g/mol. The zero-order chi connectivity index (χ0) is 12.5. The molecule has 0 saturated heterocycles. The van der Waals surface area contributed by atoms with Gasteiger partial charge in [-0.3, -0.25) is 0 Å². The van der Waals surface area contributed by atoms with E-state index in [0.29, 0.717) is 31.1 Å². The predicted molar refractivity (Wildman–Crippen MR) is 64.3 cm³/mol. The van der Waals surface area contributed by atoms with Crippen molar-refractivity contribution in [3.05, 3.63) is 42.5 Å². The fourth-order valence-electron chi connectivity index (χ4n) is 1.19. The van der Waals surface area contributed by atoms with E-state index in [1.807, 2.05) is 0 Å². The first kappa shape index (κ1) is 13.3. The number of carbonyl (C=O) groups is 1. The van der Waals surface area contributed by atoms with Gasteiger partial charge in [-0.25, -0.2) is 4.79 Å². The van der Waals surface area contributed by atoms with Crippen molar-refractivity contribution in [3.63, 3.8) is 0 Å². The lowest BCUT2D eigenvalue weighted by Gasteiger charge is -2.06. The molecule has 1 aromatic rings. The van der Waals surface area contributed by atoms with Crippen LogP contribution in [0.5, 0.6) is 5.75 Å². The Labute approximate surface area is 101 Å². The number of hydrogen-bond donors (Lipinski definition) is 0. The highest BCUT2D eigenvalue weighted by atomic mass is 16.5. The Morgan fingerprint density at radius 3 is 2.59 bits per heavy atom. The molecule has 4 nitrogen and oxygen atoms in total. The fraction of sp³-hybridized carbons (Fsp3) is 0.308. The first-order valence-corrected chi connectivity index (χ1v) is 5.27. The van der Waals surface area contributed by atoms with Gasteiger partial charge in [0, 0.05) is 0 Å². The van der Waals surface area contributed by atoms with Gasteiger partial charge in [0.25, 0.3) is 0 Å². The molecular weight excluding hydrogens is 220 g/mol. The summed E-state index contributed by atoms with van der Waals surface area (Å²) in [5.74, 6) is 0.339. The molecule has 0 aliphatic rings. The van der Waals surface area contributed by atoms with Gasteiger partial charge in [0.1, 0.15) is 12.4 Å². The Hall–Kier alpha value is -1.81. The number of carbonyl (C=O) groups excluding carboxylic acids is 1. The van der Waals surface area contributed by atoms with E-state index < -0.39 is 0 Å². The molecule has 92 valence electrons. The quantitative estimate of drug-likeness (QED) is 0.413. The minimum atomic E-state index is -0.356. The van der Waals surface area contributed by atoms with Crippen LogP contribution in [-0.4, -0.2) is 32.9 Å². The summed E-state index contributed by atoms with van der Waals surface area (Å²) in [6, 6.07) is 6.76. The third-order valence-electron chi connectivity index (χ3n) is 2.01. The molecule has 1 rings (SSSR count). The minimum absolute atomic E-state index is 0.356. The number of methoxy groups -OCH3 is 1. The van der Waals surface area contributed by atoms with Crippen molar-refractivity contribution >= 4 is 5.97 Å². The maximum atomic E-state index is 11.2. The molecule has 0 radical (unpaired) electrons. The highest BCUT2D eigenvalue weighted by Gasteiger charge is 2.04. The number of esters is 1. The Morgan fingerprint density at radius 2 is 2.00 bits per heavy atom. The van der Waals surface area contributed by atoms with Crippen LogP contribution >= 0.6 is 0 Å². The number of benzene rings is 1. The maximum absolute atomic E-state index is 11.2. The molecule has 0 aliphatic heterocycles. The van der Waals surface area contributed by atoms with E-state index in [-0.39, 0.29) is 5.97 Å². The lowest BCUT2D eigenvalue weighted by atomic mass is 10.2. The summed E-state index contributed by atoms with van der Waals surface area (Å²) < 4.78 is 15.2. The number of ether oxygens (including phenoxy) is 3. The average Bonchev–Trinajstić information content (AvgIpc) is 2.38. The second-order valence-corrected chi connectivity index (χ2v) is 3.23. The summed E-state index contributed by atoms with van der Waals surface area (Å²) >= 11 is 0. The zero-order valence-corrected chi connectivity index (χ0v) is 9.85. The summed E-state index contributed by atoms with van der Waals surface area (Å²) in [5.41, 5.74) is 0.503. The van der Waals surface area contributed by atoms with Crippen LogP contribution in [0, 0.1) is 0 Å². The van der Waals surface area contributed by atoms with E-state index in [4.69, 9.17) is 9.47 Å². The zero-order valence-electron chi connectivity index (χ0n) is 9.85. The van der Waals surface area contributed by atoms with E-state index >= 15 is 0 Å². The van der Waals surface area contributed by atoms with Gasteiger partial charge in [-0.1, -0.05) is 6.08 Å². The Morgan fingerprint density at radius 1 is 1.29 bits per heavy atom. The molecule has 0 bridgehead atoms. The molecule has 17 heavy (non-hydrogen) atoms. The van der Waals surface area contributed by atoms with E-state index in [2.05, 4.69) is 11.3 Å². The maximum Gasteiger partial charge on any atom is 0.337 e. The molecule has 0 unspecified atom stereocenters. The third-order valence-corrected chi connectivity index (χ3v) is 2.01. The number of rotatable bonds is 7. The predicted octanol–water partition coefficient (Wildman–Crippen LogP) is 2.05. The number of hydrogen-bond acceptors (Lipinski definition) is 4. The molecule has 1 aromatic carbocycles. The van der Waals surface area contributed by atoms with Gasteiger partial charge < -0.3 is 14.2 Å². The first-order chi connectivity index (χ1) is 8.27. The van der Waals surface area contributed by atoms with Gasteiger partial charge in [0.15, 0.2) is 0 Å². The topological polar surface area (TPSA) is 44.8 Å². The van der Waals surface area contributed by atoms with Gasteiger partial charge in [-0.15, -0.1) is 6.58 Å². The van der Waals surface area contributed by atoms with Crippen LogP contribution in [0.3, 0.4) is 0 Å². The van der Waals surface area contributed by atoms with Crippen molar-refractivity contribution in [2.24, 2.45) is 0 Å².